The van der Waals surface area contributed by atoms with Crippen LogP contribution >= 0.6 is 11.3 Å². The van der Waals surface area contributed by atoms with Crippen molar-refractivity contribution < 1.29 is 23.1 Å². The van der Waals surface area contributed by atoms with Crippen molar-refractivity contribution in [3.8, 4) is 5.75 Å². The van der Waals surface area contributed by atoms with Gasteiger partial charge in [0.2, 0.25) is 10.0 Å². The summed E-state index contributed by atoms with van der Waals surface area (Å²) in [7, 11) is -1.17. The number of aryl methyl sites for hydroxylation is 1. The fourth-order valence-electron chi connectivity index (χ4n) is 3.06. The summed E-state index contributed by atoms with van der Waals surface area (Å²) in [4.78, 5) is 2.08. The second kappa shape index (κ2) is 8.60. The molecule has 12 heteroatoms. The normalized spacial score (nSPS) is 13.3. The second-order valence-electron chi connectivity index (χ2n) is 8.58. The summed E-state index contributed by atoms with van der Waals surface area (Å²) in [5.74, 6) is -0.497. The van der Waals surface area contributed by atoms with E-state index in [1.807, 2.05) is 19.1 Å². The second-order valence-corrected chi connectivity index (χ2v) is 12.0. The number of nitrogens with one attached hydrogen (secondary N) is 2. The van der Waals surface area contributed by atoms with Crippen LogP contribution in [0.1, 0.15) is 36.6 Å². The fourth-order valence-corrected chi connectivity index (χ4v) is 5.24. The highest BCUT2D eigenvalue weighted by Crippen LogP contribution is 2.40. The van der Waals surface area contributed by atoms with Crippen molar-refractivity contribution in [2.24, 2.45) is 5.41 Å². The predicted octanol–water partition coefficient (Wildman–Crippen LogP) is 3.58. The molecule has 0 bridgehead atoms. The zero-order valence-corrected chi connectivity index (χ0v) is 20.3. The van der Waals surface area contributed by atoms with Crippen LogP contribution in [-0.2, 0) is 10.0 Å². The number of para-hydroxylation sites is 1. The number of thiophene rings is 1. The van der Waals surface area contributed by atoms with Gasteiger partial charge in [-0.05, 0) is 41.8 Å². The van der Waals surface area contributed by atoms with Gasteiger partial charge in [0.15, 0.2) is 5.75 Å². The van der Waals surface area contributed by atoms with E-state index in [9.17, 15) is 18.7 Å². The number of nitrogens with zero attached hydrogens (tertiary/aromatic N) is 3. The molecule has 0 radical (unpaired) electrons. The maximum Gasteiger partial charge on any atom is 0.324 e. The molecule has 3 aromatic rings. The minimum absolute atomic E-state index is 0.0167. The number of aromatic hydroxyl groups is 1. The van der Waals surface area contributed by atoms with Crippen LogP contribution in [0.5, 0.6) is 5.75 Å². The Morgan fingerprint density at radius 2 is 1.94 bits per heavy atom. The zero-order chi connectivity index (χ0) is 23.8. The Hall–Kier alpha value is -2.83. The van der Waals surface area contributed by atoms with Crippen molar-refractivity contribution in [3.05, 3.63) is 45.3 Å². The van der Waals surface area contributed by atoms with E-state index in [4.69, 9.17) is 4.63 Å². The number of sulfonamides is 1. The SMILES string of the molecule is Cc1ccc([C@H](Nc2no[n+]([O-])c2Nc2cccc(S(=O)(=O)N(C)C)c2O)C(C)(C)C)s1. The van der Waals surface area contributed by atoms with Crippen LogP contribution in [0.3, 0.4) is 0 Å². The Morgan fingerprint density at radius 1 is 1.25 bits per heavy atom. The Balaban J connectivity index is 1.99. The van der Waals surface area contributed by atoms with Gasteiger partial charge in [-0.1, -0.05) is 31.7 Å². The van der Waals surface area contributed by atoms with Gasteiger partial charge in [0.1, 0.15) is 10.6 Å². The third kappa shape index (κ3) is 4.66. The monoisotopic (exact) mass is 481 g/mol. The lowest BCUT2D eigenvalue weighted by atomic mass is 9.86. The Bertz CT molecular complexity index is 1210. The Labute approximate surface area is 191 Å². The molecule has 0 unspecified atom stereocenters. The summed E-state index contributed by atoms with van der Waals surface area (Å²) in [6.45, 7) is 8.18. The van der Waals surface area contributed by atoms with Crippen molar-refractivity contribution in [1.29, 1.82) is 0 Å². The van der Waals surface area contributed by atoms with Crippen LogP contribution in [0.25, 0.3) is 0 Å². The van der Waals surface area contributed by atoms with Crippen molar-refractivity contribution in [1.82, 2.24) is 9.46 Å². The van der Waals surface area contributed by atoms with E-state index in [1.165, 1.54) is 32.3 Å². The van der Waals surface area contributed by atoms with Crippen LogP contribution in [-0.4, -0.2) is 37.1 Å². The highest BCUT2D eigenvalue weighted by molar-refractivity contribution is 7.89. The highest BCUT2D eigenvalue weighted by Gasteiger charge is 2.32. The summed E-state index contributed by atoms with van der Waals surface area (Å²) in [5, 5.41) is 32.7. The minimum atomic E-state index is -3.90. The van der Waals surface area contributed by atoms with E-state index < -0.39 is 15.8 Å². The predicted molar refractivity (Wildman–Crippen MR) is 123 cm³/mol. The number of aromatic nitrogens is 2. The number of hydrogen-bond donors (Lipinski definition) is 3. The van der Waals surface area contributed by atoms with Crippen LogP contribution < -0.4 is 15.5 Å². The lowest BCUT2D eigenvalue weighted by molar-refractivity contribution is -0.790. The van der Waals surface area contributed by atoms with Gasteiger partial charge in [-0.25, -0.2) is 12.7 Å². The molecule has 0 saturated heterocycles. The first-order chi connectivity index (χ1) is 14.8. The third-order valence-corrected chi connectivity index (χ3v) is 7.73. The first-order valence-corrected chi connectivity index (χ1v) is 12.0. The number of rotatable bonds is 7. The van der Waals surface area contributed by atoms with Gasteiger partial charge >= 0.3 is 5.82 Å². The molecule has 1 aromatic carbocycles. The van der Waals surface area contributed by atoms with Gasteiger partial charge in [-0.3, -0.25) is 5.32 Å². The molecule has 0 aliphatic rings. The fraction of sp³-hybridized carbons (Fsp3) is 0.400. The molecule has 2 heterocycles. The lowest BCUT2D eigenvalue weighted by Crippen LogP contribution is -2.29. The molecule has 3 rings (SSSR count). The molecule has 0 spiro atoms. The van der Waals surface area contributed by atoms with Gasteiger partial charge in [0.25, 0.3) is 5.82 Å². The van der Waals surface area contributed by atoms with E-state index in [0.717, 1.165) is 14.1 Å². The summed E-state index contributed by atoms with van der Waals surface area (Å²) in [6.07, 6.45) is 0. The number of phenols is 1. The van der Waals surface area contributed by atoms with E-state index in [0.29, 0.717) is 0 Å². The minimum Gasteiger partial charge on any atom is -0.503 e. The molecule has 0 fully saturated rings. The molecule has 3 N–H and O–H groups in total. The van der Waals surface area contributed by atoms with Gasteiger partial charge in [0, 0.05) is 23.8 Å². The van der Waals surface area contributed by atoms with Crippen molar-refractivity contribution in [2.45, 2.75) is 38.6 Å². The molecule has 0 amide bonds. The van der Waals surface area contributed by atoms with Crippen LogP contribution in [0.4, 0.5) is 17.3 Å². The van der Waals surface area contributed by atoms with Gasteiger partial charge in [-0.15, -0.1) is 11.3 Å². The van der Waals surface area contributed by atoms with Crippen molar-refractivity contribution in [2.75, 3.05) is 24.7 Å². The molecular weight excluding hydrogens is 454 g/mol. The van der Waals surface area contributed by atoms with Crippen molar-refractivity contribution in [3.63, 3.8) is 0 Å². The Kier molecular flexibility index (Phi) is 6.40. The Morgan fingerprint density at radius 3 is 2.50 bits per heavy atom. The molecule has 2 aromatic heterocycles. The average molecular weight is 482 g/mol. The molecule has 174 valence electrons. The number of phenolic OH excluding ortho intramolecular Hbond substituents is 1. The molecule has 1 atom stereocenters. The molecule has 0 aliphatic heterocycles. The molecule has 0 aliphatic carbocycles. The maximum atomic E-state index is 12.5. The third-order valence-electron chi connectivity index (χ3n) is 4.82. The first kappa shape index (κ1) is 23.8. The van der Waals surface area contributed by atoms with Crippen molar-refractivity contribution >= 4 is 38.7 Å². The first-order valence-electron chi connectivity index (χ1n) is 9.76. The van der Waals surface area contributed by atoms with Crippen LogP contribution in [0.2, 0.25) is 0 Å². The molecule has 32 heavy (non-hydrogen) atoms. The topological polar surface area (TPSA) is 135 Å². The number of benzene rings is 1. The molecular formula is C20H27N5O5S2. The summed E-state index contributed by atoms with van der Waals surface area (Å²) in [5.41, 5.74) is -0.216. The summed E-state index contributed by atoms with van der Waals surface area (Å²) < 4.78 is 30.7. The number of hydrogen-bond acceptors (Lipinski definition) is 9. The smallest absolute Gasteiger partial charge is 0.324 e. The maximum absolute atomic E-state index is 12.5. The van der Waals surface area contributed by atoms with Gasteiger partial charge in [0.05, 0.1) is 6.04 Å². The summed E-state index contributed by atoms with van der Waals surface area (Å²) in [6, 6.07) is 8.03. The quantitative estimate of drug-likeness (QED) is 0.344. The standard InChI is InChI=1S/C20H27N5O5S2/c1-12-10-11-14(31-12)17(20(2,3)4)22-18-19(25(27)30-23-18)21-13-8-7-9-15(16(13)26)32(28,29)24(5)6/h7-11,17,21,26H,1-6H3,(H,22,23)/t17-/m0/s1. The number of anilines is 3. The van der Waals surface area contributed by atoms with E-state index in [-0.39, 0.29) is 38.6 Å². The largest absolute Gasteiger partial charge is 0.503 e. The lowest BCUT2D eigenvalue weighted by Gasteiger charge is -2.30. The summed E-state index contributed by atoms with van der Waals surface area (Å²) >= 11 is 1.63. The van der Waals surface area contributed by atoms with Crippen LogP contribution in [0, 0.1) is 17.5 Å². The van der Waals surface area contributed by atoms with Crippen LogP contribution in [0.15, 0.2) is 39.9 Å². The van der Waals surface area contributed by atoms with Gasteiger partial charge < -0.3 is 20.3 Å². The van der Waals surface area contributed by atoms with E-state index in [2.05, 4.69) is 36.6 Å². The van der Waals surface area contributed by atoms with Gasteiger partial charge in [-0.2, -0.15) is 0 Å². The average Bonchev–Trinajstić information content (AvgIpc) is 3.26. The van der Waals surface area contributed by atoms with E-state index in [1.54, 1.807) is 11.3 Å². The van der Waals surface area contributed by atoms with E-state index >= 15 is 0 Å². The molecule has 0 saturated carbocycles. The molecule has 10 nitrogen and oxygen atoms in total. The highest BCUT2D eigenvalue weighted by atomic mass is 32.2. The zero-order valence-electron chi connectivity index (χ0n) is 18.7.